The number of rotatable bonds is 6. The molecule has 170 valence electrons. The standard InChI is InChI=1S/C27H20F6/c1-2-3-15-10-21(28)25(22(29)11-15)19-8-9-20-18(14-19)7-6-17(26(20)32)5-4-16-12-23(30)27(33)24(31)13-16/h6-14H,2-5H2,1H3. The normalized spacial score (nSPS) is 11.4. The monoisotopic (exact) mass is 458 g/mol. The fourth-order valence-electron chi connectivity index (χ4n) is 4.05. The molecule has 0 amide bonds. The van der Waals surface area contributed by atoms with Crippen LogP contribution in [-0.4, -0.2) is 0 Å². The average Bonchev–Trinajstić information content (AvgIpc) is 2.76. The summed E-state index contributed by atoms with van der Waals surface area (Å²) in [5.74, 6) is -6.00. The van der Waals surface area contributed by atoms with Gasteiger partial charge in [-0.1, -0.05) is 37.6 Å². The Balaban J connectivity index is 1.63. The maximum atomic E-state index is 15.1. The van der Waals surface area contributed by atoms with Crippen LogP contribution >= 0.6 is 0 Å². The van der Waals surface area contributed by atoms with Gasteiger partial charge in [-0.05, 0) is 77.2 Å². The molecule has 0 saturated carbocycles. The van der Waals surface area contributed by atoms with Crippen LogP contribution in [-0.2, 0) is 19.3 Å². The van der Waals surface area contributed by atoms with E-state index in [2.05, 4.69) is 0 Å². The second-order valence-electron chi connectivity index (χ2n) is 8.03. The first kappa shape index (κ1) is 22.9. The first-order valence-electron chi connectivity index (χ1n) is 10.6. The lowest BCUT2D eigenvalue weighted by Gasteiger charge is -2.11. The Hall–Kier alpha value is -3.28. The minimum absolute atomic E-state index is 0.106. The summed E-state index contributed by atoms with van der Waals surface area (Å²) >= 11 is 0. The Labute approximate surface area is 187 Å². The van der Waals surface area contributed by atoms with E-state index in [-0.39, 0.29) is 29.4 Å². The van der Waals surface area contributed by atoms with Crippen LogP contribution in [0.25, 0.3) is 21.9 Å². The van der Waals surface area contributed by atoms with Gasteiger partial charge in [0, 0.05) is 5.39 Å². The van der Waals surface area contributed by atoms with Crippen LogP contribution in [0.3, 0.4) is 0 Å². The van der Waals surface area contributed by atoms with Gasteiger partial charge in [0.15, 0.2) is 17.5 Å². The predicted octanol–water partition coefficient (Wildman–Crippen LogP) is 8.08. The number of aryl methyl sites for hydroxylation is 3. The van der Waals surface area contributed by atoms with Crippen LogP contribution in [0.2, 0.25) is 0 Å². The van der Waals surface area contributed by atoms with Crippen molar-refractivity contribution in [1.29, 1.82) is 0 Å². The van der Waals surface area contributed by atoms with E-state index in [0.717, 1.165) is 18.6 Å². The summed E-state index contributed by atoms with van der Waals surface area (Å²) in [5.41, 5.74) is 1.22. The van der Waals surface area contributed by atoms with Crippen molar-refractivity contribution < 1.29 is 26.3 Å². The van der Waals surface area contributed by atoms with E-state index in [1.807, 2.05) is 6.92 Å². The minimum atomic E-state index is -1.54. The zero-order valence-corrected chi connectivity index (χ0v) is 17.8. The van der Waals surface area contributed by atoms with E-state index >= 15 is 4.39 Å². The quantitative estimate of drug-likeness (QED) is 0.202. The number of fused-ring (bicyclic) bond motifs is 1. The highest BCUT2D eigenvalue weighted by molar-refractivity contribution is 5.88. The molecule has 0 aliphatic rings. The van der Waals surface area contributed by atoms with Gasteiger partial charge in [0.2, 0.25) is 0 Å². The number of hydrogen-bond donors (Lipinski definition) is 0. The molecule has 4 aromatic rings. The molecule has 0 aromatic heterocycles. The fraction of sp³-hybridized carbons (Fsp3) is 0.185. The lowest BCUT2D eigenvalue weighted by atomic mass is 9.96. The van der Waals surface area contributed by atoms with E-state index in [1.54, 1.807) is 6.07 Å². The van der Waals surface area contributed by atoms with Gasteiger partial charge >= 0.3 is 0 Å². The highest BCUT2D eigenvalue weighted by atomic mass is 19.2. The Morgan fingerprint density at radius 1 is 0.576 bits per heavy atom. The van der Waals surface area contributed by atoms with Crippen molar-refractivity contribution in [3.63, 3.8) is 0 Å². The minimum Gasteiger partial charge on any atom is -0.206 e. The predicted molar refractivity (Wildman–Crippen MR) is 117 cm³/mol. The zero-order chi connectivity index (χ0) is 23.7. The second-order valence-corrected chi connectivity index (χ2v) is 8.03. The molecule has 6 heteroatoms. The van der Waals surface area contributed by atoms with Crippen LogP contribution in [0.5, 0.6) is 0 Å². The van der Waals surface area contributed by atoms with Crippen molar-refractivity contribution in [2.45, 2.75) is 32.6 Å². The van der Waals surface area contributed by atoms with Crippen LogP contribution < -0.4 is 0 Å². The molecule has 0 nitrogen and oxygen atoms in total. The molecule has 0 N–H and O–H groups in total. The maximum Gasteiger partial charge on any atom is 0.194 e. The van der Waals surface area contributed by atoms with Gasteiger partial charge in [-0.2, -0.15) is 0 Å². The van der Waals surface area contributed by atoms with Crippen molar-refractivity contribution in [2.75, 3.05) is 0 Å². The third kappa shape index (κ3) is 4.61. The largest absolute Gasteiger partial charge is 0.206 e. The average molecular weight is 458 g/mol. The molecule has 0 fully saturated rings. The molecule has 0 bridgehead atoms. The highest BCUT2D eigenvalue weighted by Crippen LogP contribution is 2.32. The van der Waals surface area contributed by atoms with Crippen LogP contribution in [0.1, 0.15) is 30.0 Å². The molecular formula is C27H20F6. The van der Waals surface area contributed by atoms with Gasteiger partial charge in [0.25, 0.3) is 0 Å². The molecule has 0 aliphatic carbocycles. The molecule has 4 rings (SSSR count). The van der Waals surface area contributed by atoms with Crippen LogP contribution in [0, 0.1) is 34.9 Å². The third-order valence-electron chi connectivity index (χ3n) is 5.69. The molecular weight excluding hydrogens is 438 g/mol. The first-order chi connectivity index (χ1) is 15.8. The zero-order valence-electron chi connectivity index (χ0n) is 17.8. The molecule has 0 aliphatic heterocycles. The molecule has 0 unspecified atom stereocenters. The summed E-state index contributed by atoms with van der Waals surface area (Å²) in [6, 6.07) is 12.0. The van der Waals surface area contributed by atoms with E-state index in [9.17, 15) is 22.0 Å². The Kier molecular flexibility index (Phi) is 6.45. The van der Waals surface area contributed by atoms with Crippen molar-refractivity contribution in [2.24, 2.45) is 0 Å². The van der Waals surface area contributed by atoms with Gasteiger partial charge in [-0.15, -0.1) is 0 Å². The molecule has 4 aromatic carbocycles. The van der Waals surface area contributed by atoms with Crippen LogP contribution in [0.15, 0.2) is 54.6 Å². The van der Waals surface area contributed by atoms with Gasteiger partial charge in [-0.3, -0.25) is 0 Å². The lowest BCUT2D eigenvalue weighted by molar-refractivity contribution is 0.445. The first-order valence-corrected chi connectivity index (χ1v) is 10.6. The summed E-state index contributed by atoms with van der Waals surface area (Å²) in [6.07, 6.45) is 1.57. The Morgan fingerprint density at radius 2 is 1.18 bits per heavy atom. The molecule has 0 atom stereocenters. The van der Waals surface area contributed by atoms with Gasteiger partial charge in [0.1, 0.15) is 17.5 Å². The van der Waals surface area contributed by atoms with E-state index in [0.29, 0.717) is 28.5 Å². The smallest absolute Gasteiger partial charge is 0.194 e. The second kappa shape index (κ2) is 9.30. The summed E-state index contributed by atoms with van der Waals surface area (Å²) in [6.45, 7) is 1.92. The topological polar surface area (TPSA) is 0 Å². The number of benzene rings is 4. The van der Waals surface area contributed by atoms with Gasteiger partial charge in [-0.25, -0.2) is 26.3 Å². The summed E-state index contributed by atoms with van der Waals surface area (Å²) in [4.78, 5) is 0. The summed E-state index contributed by atoms with van der Waals surface area (Å²) < 4.78 is 84.2. The van der Waals surface area contributed by atoms with Gasteiger partial charge in [0.05, 0.1) is 5.56 Å². The Morgan fingerprint density at radius 3 is 1.82 bits per heavy atom. The van der Waals surface area contributed by atoms with E-state index in [4.69, 9.17) is 0 Å². The SMILES string of the molecule is CCCc1cc(F)c(-c2ccc3c(F)c(CCc4cc(F)c(F)c(F)c4)ccc3c2)c(F)c1. The number of hydrogen-bond acceptors (Lipinski definition) is 0. The summed E-state index contributed by atoms with van der Waals surface area (Å²) in [5, 5.41) is 0.722. The van der Waals surface area contributed by atoms with Crippen molar-refractivity contribution in [3.05, 3.63) is 106 Å². The van der Waals surface area contributed by atoms with E-state index in [1.165, 1.54) is 36.4 Å². The van der Waals surface area contributed by atoms with Crippen molar-refractivity contribution >= 4 is 10.8 Å². The molecule has 33 heavy (non-hydrogen) atoms. The molecule has 0 radical (unpaired) electrons. The Bertz CT molecular complexity index is 1300. The number of halogens is 6. The van der Waals surface area contributed by atoms with E-state index < -0.39 is 34.9 Å². The molecule has 0 heterocycles. The third-order valence-corrected chi connectivity index (χ3v) is 5.69. The lowest BCUT2D eigenvalue weighted by Crippen LogP contribution is -1.99. The molecule has 0 saturated heterocycles. The van der Waals surface area contributed by atoms with Crippen molar-refractivity contribution in [1.82, 2.24) is 0 Å². The fourth-order valence-corrected chi connectivity index (χ4v) is 4.05. The summed E-state index contributed by atoms with van der Waals surface area (Å²) in [7, 11) is 0. The van der Waals surface area contributed by atoms with Gasteiger partial charge < -0.3 is 0 Å². The highest BCUT2D eigenvalue weighted by Gasteiger charge is 2.16. The maximum absolute atomic E-state index is 15.1. The molecule has 0 spiro atoms. The van der Waals surface area contributed by atoms with Crippen LogP contribution in [0.4, 0.5) is 26.3 Å². The van der Waals surface area contributed by atoms with Crippen molar-refractivity contribution in [3.8, 4) is 11.1 Å².